The van der Waals surface area contributed by atoms with Crippen molar-refractivity contribution in [2.24, 2.45) is 5.73 Å². The lowest BCUT2D eigenvalue weighted by Gasteiger charge is -2.25. The molecule has 1 aromatic carbocycles. The monoisotopic (exact) mass is 473 g/mol. The molecule has 0 saturated heterocycles. The number of pyridine rings is 1. The van der Waals surface area contributed by atoms with Gasteiger partial charge >= 0.3 is 5.97 Å². The molecule has 1 amide bonds. The number of allylic oxidation sites excluding steroid dienone is 1. The fourth-order valence-electron chi connectivity index (χ4n) is 3.69. The number of nitrogens with zero attached hydrogens (tertiary/aromatic N) is 3. The predicted molar refractivity (Wildman–Crippen MR) is 126 cm³/mol. The molecule has 0 saturated carbocycles. The van der Waals surface area contributed by atoms with Crippen molar-refractivity contribution in [2.75, 3.05) is 7.11 Å². The lowest BCUT2D eigenvalue weighted by Crippen LogP contribution is -2.42. The van der Waals surface area contributed by atoms with E-state index in [9.17, 15) is 19.6 Å². The van der Waals surface area contributed by atoms with Gasteiger partial charge in [-0.15, -0.1) is 11.3 Å². The summed E-state index contributed by atoms with van der Waals surface area (Å²) in [6.07, 6.45) is 4.16. The van der Waals surface area contributed by atoms with Gasteiger partial charge in [0.25, 0.3) is 11.5 Å². The highest BCUT2D eigenvalue weighted by Crippen LogP contribution is 2.35. The Hall–Kier alpha value is -4.49. The van der Waals surface area contributed by atoms with Gasteiger partial charge in [0, 0.05) is 25.0 Å². The molecule has 3 aromatic rings. The highest BCUT2D eigenvalue weighted by atomic mass is 32.1. The van der Waals surface area contributed by atoms with Gasteiger partial charge in [-0.05, 0) is 17.2 Å². The number of carbonyl (C=O) groups is 2. The van der Waals surface area contributed by atoms with Crippen LogP contribution in [0.2, 0.25) is 0 Å². The maximum Gasteiger partial charge on any atom is 0.332 e. The fraction of sp³-hybridized carbons (Fsp3) is 0.125. The minimum absolute atomic E-state index is 0.0299. The van der Waals surface area contributed by atoms with E-state index < -0.39 is 23.4 Å². The molecular weight excluding hydrogens is 454 g/mol. The predicted octanol–water partition coefficient (Wildman–Crippen LogP) is 0.174. The second kappa shape index (κ2) is 9.56. The molecule has 0 aliphatic carbocycles. The molecular formula is C24H19N5O4S. The summed E-state index contributed by atoms with van der Waals surface area (Å²) in [7, 11) is 1.19. The smallest absolute Gasteiger partial charge is 0.332 e. The fourth-order valence-corrected chi connectivity index (χ4v) is 4.82. The first-order valence-electron chi connectivity index (χ1n) is 10.1. The SMILES string of the molecule is COC(=O)/C=c1\sc2n(c1=O)C(N)=C(C#N)[C@H](c1cccnc1)C=2C(=O)NCc1ccccc1. The average molecular weight is 474 g/mol. The first kappa shape index (κ1) is 22.7. The molecule has 0 unspecified atom stereocenters. The van der Waals surface area contributed by atoms with Crippen molar-refractivity contribution < 1.29 is 14.3 Å². The van der Waals surface area contributed by atoms with Crippen molar-refractivity contribution in [3.05, 3.63) is 91.1 Å². The van der Waals surface area contributed by atoms with Crippen molar-refractivity contribution in [2.45, 2.75) is 12.5 Å². The number of hydrogen-bond donors (Lipinski definition) is 2. The van der Waals surface area contributed by atoms with E-state index in [1.807, 2.05) is 30.3 Å². The normalized spacial score (nSPS) is 15.5. The molecule has 9 nitrogen and oxygen atoms in total. The van der Waals surface area contributed by atoms with E-state index in [1.165, 1.54) is 7.11 Å². The number of benzene rings is 1. The van der Waals surface area contributed by atoms with Crippen molar-refractivity contribution in [3.63, 3.8) is 0 Å². The minimum Gasteiger partial charge on any atom is -0.466 e. The Kier molecular flexibility index (Phi) is 6.38. The van der Waals surface area contributed by atoms with E-state index in [0.29, 0.717) is 5.56 Å². The third kappa shape index (κ3) is 4.12. The van der Waals surface area contributed by atoms with Gasteiger partial charge in [0.15, 0.2) is 0 Å². The van der Waals surface area contributed by atoms with Gasteiger partial charge in [-0.3, -0.25) is 19.1 Å². The number of nitriles is 1. The van der Waals surface area contributed by atoms with Crippen molar-refractivity contribution in [1.82, 2.24) is 14.9 Å². The Morgan fingerprint density at radius 2 is 2.06 bits per heavy atom. The molecule has 0 spiro atoms. The molecule has 3 heterocycles. The average Bonchev–Trinajstić information content (AvgIpc) is 3.19. The Labute approximate surface area is 197 Å². The van der Waals surface area contributed by atoms with Gasteiger partial charge in [-0.2, -0.15) is 5.26 Å². The van der Waals surface area contributed by atoms with Gasteiger partial charge in [-0.1, -0.05) is 36.4 Å². The number of nitrogens with one attached hydrogen (secondary N) is 1. The third-order valence-electron chi connectivity index (χ3n) is 5.28. The van der Waals surface area contributed by atoms with Crippen LogP contribution in [0, 0.1) is 11.3 Å². The molecule has 170 valence electrons. The summed E-state index contributed by atoms with van der Waals surface area (Å²) in [5.74, 6) is -2.15. The highest BCUT2D eigenvalue weighted by Gasteiger charge is 2.35. The van der Waals surface area contributed by atoms with Crippen LogP contribution in [0.4, 0.5) is 0 Å². The third-order valence-corrected chi connectivity index (χ3v) is 6.39. The van der Waals surface area contributed by atoms with Crippen molar-refractivity contribution in [3.8, 4) is 6.07 Å². The summed E-state index contributed by atoms with van der Waals surface area (Å²) < 4.78 is 6.00. The molecule has 1 aliphatic rings. The van der Waals surface area contributed by atoms with Gasteiger partial charge in [0.2, 0.25) is 0 Å². The number of fused-ring (bicyclic) bond motifs is 1. The number of hydrogen-bond acceptors (Lipinski definition) is 8. The molecule has 4 rings (SSSR count). The van der Waals surface area contributed by atoms with Crippen LogP contribution in [0.3, 0.4) is 0 Å². The quantitative estimate of drug-likeness (QED) is 0.504. The van der Waals surface area contributed by atoms with Crippen LogP contribution in [0.1, 0.15) is 17.0 Å². The Morgan fingerprint density at radius 3 is 2.71 bits per heavy atom. The second-order valence-corrected chi connectivity index (χ2v) is 8.32. The number of esters is 1. The molecule has 1 atom stereocenters. The van der Waals surface area contributed by atoms with Crippen LogP contribution in [0.25, 0.3) is 17.5 Å². The Bertz CT molecular complexity index is 1520. The summed E-state index contributed by atoms with van der Waals surface area (Å²) in [6, 6.07) is 14.8. The number of carbonyl (C=O) groups excluding carboxylic acids is 2. The lowest BCUT2D eigenvalue weighted by atomic mass is 9.84. The van der Waals surface area contributed by atoms with Crippen LogP contribution in [0.15, 0.2) is 65.2 Å². The van der Waals surface area contributed by atoms with Crippen LogP contribution in [0.5, 0.6) is 0 Å². The molecule has 0 bridgehead atoms. The molecule has 1 aliphatic heterocycles. The molecule has 3 N–H and O–H groups in total. The molecule has 34 heavy (non-hydrogen) atoms. The number of nitrogens with two attached hydrogens (primary N) is 1. The second-order valence-electron chi connectivity index (χ2n) is 7.29. The van der Waals surface area contributed by atoms with Crippen LogP contribution in [-0.2, 0) is 20.9 Å². The van der Waals surface area contributed by atoms with E-state index in [-0.39, 0.29) is 32.7 Å². The first-order valence-corrected chi connectivity index (χ1v) is 11.0. The largest absolute Gasteiger partial charge is 0.466 e. The number of rotatable bonds is 5. The number of aromatic nitrogens is 2. The van der Waals surface area contributed by atoms with E-state index in [4.69, 9.17) is 5.73 Å². The van der Waals surface area contributed by atoms with E-state index in [1.54, 1.807) is 24.5 Å². The summed E-state index contributed by atoms with van der Waals surface area (Å²) in [4.78, 5) is 42.5. The summed E-state index contributed by atoms with van der Waals surface area (Å²) in [5, 5.41) is 12.8. The number of amides is 1. The van der Waals surface area contributed by atoms with E-state index in [2.05, 4.69) is 21.1 Å². The molecule has 10 heteroatoms. The Morgan fingerprint density at radius 1 is 1.29 bits per heavy atom. The van der Waals surface area contributed by atoms with Crippen molar-refractivity contribution in [1.29, 1.82) is 5.26 Å². The van der Waals surface area contributed by atoms with Gasteiger partial charge in [0.05, 0.1) is 30.2 Å². The first-order chi connectivity index (χ1) is 16.5. The van der Waals surface area contributed by atoms with Crippen molar-refractivity contribution >= 4 is 40.7 Å². The van der Waals surface area contributed by atoms with Gasteiger partial charge < -0.3 is 15.8 Å². The number of methoxy groups -OCH3 is 1. The van der Waals surface area contributed by atoms with E-state index in [0.717, 1.165) is 27.5 Å². The topological polar surface area (TPSA) is 140 Å². The summed E-state index contributed by atoms with van der Waals surface area (Å²) >= 11 is 0.931. The number of thiazole rings is 1. The highest BCUT2D eigenvalue weighted by molar-refractivity contribution is 7.07. The zero-order valence-electron chi connectivity index (χ0n) is 18.0. The standard InChI is InChI=1S/C24H19N5O4S/c1-33-18(30)10-17-23(32)29-21(26)16(11-25)19(15-8-5-9-27-13-15)20(24(29)34-17)22(31)28-12-14-6-3-2-4-7-14/h2-10,13,19H,12,26H2,1H3,(H,28,31)/b17-10-/t19-/m0/s1. The maximum atomic E-state index is 13.5. The maximum absolute atomic E-state index is 13.5. The molecule has 0 fully saturated rings. The van der Waals surface area contributed by atoms with Crippen LogP contribution in [-0.4, -0.2) is 28.5 Å². The zero-order valence-corrected chi connectivity index (χ0v) is 18.8. The minimum atomic E-state index is -0.849. The molecule has 2 aromatic heterocycles. The van der Waals surface area contributed by atoms with E-state index >= 15 is 0 Å². The zero-order chi connectivity index (χ0) is 24.2. The lowest BCUT2D eigenvalue weighted by molar-refractivity contribution is -0.133. The van der Waals surface area contributed by atoms with Gasteiger partial charge in [-0.25, -0.2) is 4.79 Å². The number of ether oxygens (including phenoxy) is 1. The van der Waals surface area contributed by atoms with Crippen LogP contribution < -0.4 is 25.8 Å². The summed E-state index contributed by atoms with van der Waals surface area (Å²) in [5.41, 5.74) is 7.30. The van der Waals surface area contributed by atoms with Gasteiger partial charge in [0.1, 0.15) is 15.0 Å². The summed E-state index contributed by atoms with van der Waals surface area (Å²) in [6.45, 7) is 0.237. The van der Waals surface area contributed by atoms with Crippen LogP contribution >= 0.6 is 11.3 Å². The molecule has 0 radical (unpaired) electrons. The Balaban J connectivity index is 1.97.